The van der Waals surface area contributed by atoms with Crippen LogP contribution >= 0.6 is 16.4 Å². The first kappa shape index (κ1) is 19.6. The Balaban J connectivity index is 3.80. The third-order valence-corrected chi connectivity index (χ3v) is 20.6. The molecule has 134 valence electrons. The third kappa shape index (κ3) is 2.73. The molecule has 1 aromatic heterocycles. The van der Waals surface area contributed by atoms with Gasteiger partial charge in [-0.3, -0.25) is 9.11 Å². The Morgan fingerprint density at radius 2 is 1.05 bits per heavy atom. The normalized spacial score (nSPS) is 18.0. The van der Waals surface area contributed by atoms with Gasteiger partial charge in [-0.25, -0.2) is 15.0 Å². The molecule has 1 heterocycles. The SMILES string of the molecule is C[SH](C)(C)(c1ncnc([SH](C)(C)(C)S(=O)(=O)O)n1)S(=O)(=O)O. The molecular formula is C9H23N3O6S4. The standard InChI is InChI=1S/C9H23N3O6S4/c1-21(2,3,19(13,14)15)8-10-7-11-9(12-8)22(4,5,6)20(16,17)18/h7,21-22H,1-6H3,(H,13,14,15)(H,16,17,18). The molecule has 13 heteroatoms. The molecule has 0 aromatic carbocycles. The highest BCUT2D eigenvalue weighted by Gasteiger charge is 2.47. The van der Waals surface area contributed by atoms with Crippen LogP contribution in [0.5, 0.6) is 0 Å². The van der Waals surface area contributed by atoms with Crippen molar-refractivity contribution in [3.05, 3.63) is 6.33 Å². The highest BCUT2D eigenvalue weighted by molar-refractivity contribution is 8.98. The Kier molecular flexibility index (Phi) is 4.04. The summed E-state index contributed by atoms with van der Waals surface area (Å²) in [5.74, 6) is 0. The quantitative estimate of drug-likeness (QED) is 0.316. The summed E-state index contributed by atoms with van der Waals surface area (Å²) in [4.78, 5) is 11.6. The summed E-state index contributed by atoms with van der Waals surface area (Å²) in [6, 6.07) is 0. The fraction of sp³-hybridized carbons (Fsp3) is 0.667. The first-order valence-corrected chi connectivity index (χ1v) is 17.2. The van der Waals surface area contributed by atoms with Crippen molar-refractivity contribution in [2.24, 2.45) is 0 Å². The van der Waals surface area contributed by atoms with E-state index in [2.05, 4.69) is 15.0 Å². The van der Waals surface area contributed by atoms with E-state index in [1.807, 2.05) is 0 Å². The van der Waals surface area contributed by atoms with Gasteiger partial charge in [0.1, 0.15) is 6.33 Å². The zero-order valence-corrected chi connectivity index (χ0v) is 16.6. The van der Waals surface area contributed by atoms with Gasteiger partial charge >= 0.3 is 0 Å². The number of aromatic nitrogens is 3. The van der Waals surface area contributed by atoms with E-state index in [9.17, 15) is 25.9 Å². The summed E-state index contributed by atoms with van der Waals surface area (Å²) in [6.07, 6.45) is 8.93. The molecule has 0 unspecified atom stereocenters. The lowest BCUT2D eigenvalue weighted by atomic mass is 11.1. The summed E-state index contributed by atoms with van der Waals surface area (Å²) >= 11 is 0. The summed E-state index contributed by atoms with van der Waals surface area (Å²) in [6.45, 7) is 0. The lowest BCUT2D eigenvalue weighted by Crippen LogP contribution is -2.30. The molecule has 0 spiro atoms. The molecule has 2 N–H and O–H groups in total. The number of rotatable bonds is 4. The highest BCUT2D eigenvalue weighted by Crippen LogP contribution is 2.72. The van der Waals surface area contributed by atoms with E-state index in [0.717, 1.165) is 6.33 Å². The van der Waals surface area contributed by atoms with Crippen LogP contribution in [-0.4, -0.2) is 78.4 Å². The largest absolute Gasteiger partial charge is 0.293 e. The van der Waals surface area contributed by atoms with Crippen molar-refractivity contribution in [1.82, 2.24) is 15.0 Å². The van der Waals surface area contributed by atoms with Gasteiger partial charge in [-0.2, -0.15) is 16.8 Å². The predicted molar refractivity (Wildman–Crippen MR) is 93.0 cm³/mol. The van der Waals surface area contributed by atoms with Gasteiger partial charge in [0.15, 0.2) is 10.3 Å². The van der Waals surface area contributed by atoms with Gasteiger partial charge in [-0.05, 0) is 37.5 Å². The van der Waals surface area contributed by atoms with E-state index in [-0.39, 0.29) is 10.3 Å². The third-order valence-electron chi connectivity index (χ3n) is 3.52. The molecule has 0 atom stereocenters. The van der Waals surface area contributed by atoms with Crippen molar-refractivity contribution in [3.8, 4) is 0 Å². The van der Waals surface area contributed by atoms with Gasteiger partial charge in [0.25, 0.3) is 18.3 Å². The van der Waals surface area contributed by atoms with Gasteiger partial charge in [0, 0.05) is 0 Å². The first-order valence-electron chi connectivity index (χ1n) is 5.94. The molecule has 0 bridgehead atoms. The highest BCUT2D eigenvalue weighted by atomic mass is 33.2. The van der Waals surface area contributed by atoms with Crippen molar-refractivity contribution in [1.29, 1.82) is 0 Å². The van der Waals surface area contributed by atoms with Crippen LogP contribution in [0.4, 0.5) is 0 Å². The van der Waals surface area contributed by atoms with Gasteiger partial charge < -0.3 is 0 Å². The second-order valence-corrected chi connectivity index (χ2v) is 30.9. The van der Waals surface area contributed by atoms with E-state index in [1.165, 1.54) is 37.5 Å². The van der Waals surface area contributed by atoms with Crippen LogP contribution in [0.2, 0.25) is 0 Å². The summed E-state index contributed by atoms with van der Waals surface area (Å²) in [5, 5.41) is -0.386. The van der Waals surface area contributed by atoms with Crippen LogP contribution in [0.1, 0.15) is 0 Å². The molecule has 1 aromatic rings. The average molecular weight is 398 g/mol. The van der Waals surface area contributed by atoms with E-state index >= 15 is 0 Å². The van der Waals surface area contributed by atoms with Crippen molar-refractivity contribution in [2.45, 2.75) is 10.3 Å². The van der Waals surface area contributed by atoms with Crippen LogP contribution in [0.15, 0.2) is 16.6 Å². The number of thiol groups is 2. The maximum Gasteiger partial charge on any atom is 0.293 e. The average Bonchev–Trinajstić information content (AvgIpc) is 2.24. The minimum absolute atomic E-state index is 0.193. The van der Waals surface area contributed by atoms with Gasteiger partial charge in [-0.15, -0.1) is 16.4 Å². The first-order chi connectivity index (χ1) is 9.28. The fourth-order valence-electron chi connectivity index (χ4n) is 1.22. The lowest BCUT2D eigenvalue weighted by Gasteiger charge is -2.48. The molecule has 0 fully saturated rings. The van der Waals surface area contributed by atoms with E-state index in [0.29, 0.717) is 0 Å². The monoisotopic (exact) mass is 397 g/mol. The fourth-order valence-corrected chi connectivity index (χ4v) is 5.24. The Bertz CT molecular complexity index is 762. The molecule has 1 rings (SSSR count). The Hall–Kier alpha value is -0.470. The van der Waals surface area contributed by atoms with Crippen LogP contribution in [-0.2, 0) is 18.3 Å². The van der Waals surface area contributed by atoms with E-state index in [1.54, 1.807) is 0 Å². The van der Waals surface area contributed by atoms with Crippen molar-refractivity contribution >= 4 is 34.7 Å². The predicted octanol–water partition coefficient (Wildman–Crippen LogP) is 0.119. The Morgan fingerprint density at radius 1 is 0.773 bits per heavy atom. The van der Waals surface area contributed by atoms with Crippen LogP contribution in [0.3, 0.4) is 0 Å². The Morgan fingerprint density at radius 3 is 1.27 bits per heavy atom. The van der Waals surface area contributed by atoms with Crippen molar-refractivity contribution in [3.63, 3.8) is 0 Å². The van der Waals surface area contributed by atoms with Crippen molar-refractivity contribution in [2.75, 3.05) is 37.5 Å². The molecule has 0 aliphatic heterocycles. The molecule has 0 aliphatic carbocycles. The second kappa shape index (κ2) is 4.54. The van der Waals surface area contributed by atoms with Crippen LogP contribution < -0.4 is 0 Å². The smallest absolute Gasteiger partial charge is 0.279 e. The molecule has 0 radical (unpaired) electrons. The summed E-state index contributed by atoms with van der Waals surface area (Å²) < 4.78 is 66.2. The van der Waals surface area contributed by atoms with Gasteiger partial charge in [0.05, 0.1) is 0 Å². The lowest BCUT2D eigenvalue weighted by molar-refractivity contribution is 0.499. The van der Waals surface area contributed by atoms with Gasteiger partial charge in [0.2, 0.25) is 0 Å². The minimum atomic E-state index is -4.49. The molecule has 0 amide bonds. The number of nitrogens with zero attached hydrogens (tertiary/aromatic N) is 3. The van der Waals surface area contributed by atoms with Crippen molar-refractivity contribution < 1.29 is 25.9 Å². The number of hydrogen-bond donors (Lipinski definition) is 4. The molecular weight excluding hydrogens is 374 g/mol. The summed E-state index contributed by atoms with van der Waals surface area (Å²) in [7, 11) is -16.9. The minimum Gasteiger partial charge on any atom is -0.279 e. The van der Waals surface area contributed by atoms with Crippen LogP contribution in [0, 0.1) is 0 Å². The molecule has 9 nitrogen and oxygen atoms in total. The van der Waals surface area contributed by atoms with Gasteiger partial charge in [-0.1, -0.05) is 0 Å². The zero-order chi connectivity index (χ0) is 17.9. The van der Waals surface area contributed by atoms with E-state index in [4.69, 9.17) is 0 Å². The van der Waals surface area contributed by atoms with Crippen LogP contribution in [0.25, 0.3) is 0 Å². The summed E-state index contributed by atoms with van der Waals surface area (Å²) in [5.41, 5.74) is 0. The van der Waals surface area contributed by atoms with E-state index < -0.39 is 34.7 Å². The molecule has 22 heavy (non-hydrogen) atoms. The second-order valence-electron chi connectivity index (χ2n) is 7.28. The zero-order valence-electron chi connectivity index (χ0n) is 13.2. The molecule has 0 saturated heterocycles. The molecule has 0 aliphatic rings. The maximum atomic E-state index is 11.8. The Labute approximate surface area is 129 Å². The topological polar surface area (TPSA) is 147 Å². The number of hydrogen-bond acceptors (Lipinski definition) is 7. The maximum absolute atomic E-state index is 11.8. The molecule has 0 saturated carbocycles.